The van der Waals surface area contributed by atoms with Gasteiger partial charge in [-0.3, -0.25) is 0 Å². The van der Waals surface area contributed by atoms with E-state index >= 15 is 0 Å². The summed E-state index contributed by atoms with van der Waals surface area (Å²) in [7, 11) is 2.07. The lowest BCUT2D eigenvalue weighted by Crippen LogP contribution is -2.42. The number of aryl methyl sites for hydroxylation is 2. The molecule has 0 bridgehead atoms. The molecule has 0 unspecified atom stereocenters. The Morgan fingerprint density at radius 1 is 1.23 bits per heavy atom. The molecule has 0 radical (unpaired) electrons. The van der Waals surface area contributed by atoms with E-state index in [4.69, 9.17) is 11.6 Å². The normalized spacial score (nSPS) is 18.6. The third-order valence-electron chi connectivity index (χ3n) is 4.33. The van der Waals surface area contributed by atoms with Gasteiger partial charge >= 0.3 is 0 Å². The van der Waals surface area contributed by atoms with E-state index in [9.17, 15) is 5.11 Å². The van der Waals surface area contributed by atoms with Crippen LogP contribution < -0.4 is 0 Å². The fraction of sp³-hybridized carbons (Fsp3) is 0.500. The third-order valence-corrected chi connectivity index (χ3v) is 4.57. The van der Waals surface area contributed by atoms with Gasteiger partial charge in [0.15, 0.2) is 5.82 Å². The van der Waals surface area contributed by atoms with Crippen molar-refractivity contribution in [3.63, 3.8) is 0 Å². The molecule has 3 rings (SSSR count). The van der Waals surface area contributed by atoms with E-state index in [1.54, 1.807) is 4.68 Å². The van der Waals surface area contributed by atoms with E-state index in [0.29, 0.717) is 29.5 Å². The van der Waals surface area contributed by atoms with Crippen molar-refractivity contribution in [2.45, 2.75) is 32.3 Å². The molecule has 0 amide bonds. The van der Waals surface area contributed by atoms with Crippen LogP contribution in [-0.4, -0.2) is 44.9 Å². The van der Waals surface area contributed by atoms with E-state index in [0.717, 1.165) is 24.3 Å². The van der Waals surface area contributed by atoms with Gasteiger partial charge in [0.25, 0.3) is 0 Å². The number of likely N-dealkylation sites (tertiary alicyclic amines) is 1. The van der Waals surface area contributed by atoms with Crippen LogP contribution in [0.4, 0.5) is 0 Å². The van der Waals surface area contributed by atoms with Gasteiger partial charge < -0.3 is 10.0 Å². The summed E-state index contributed by atoms with van der Waals surface area (Å²) < 4.78 is 1.77. The molecule has 0 spiro atoms. The van der Waals surface area contributed by atoms with Crippen LogP contribution in [0.1, 0.15) is 30.1 Å². The molecule has 1 aliphatic rings. The predicted molar refractivity (Wildman–Crippen MR) is 86.5 cm³/mol. The van der Waals surface area contributed by atoms with Crippen molar-refractivity contribution in [1.29, 1.82) is 0 Å². The number of halogens is 1. The topological polar surface area (TPSA) is 54.2 Å². The first-order valence-electron chi connectivity index (χ1n) is 7.51. The smallest absolute Gasteiger partial charge is 0.164 e. The molecule has 1 aromatic carbocycles. The van der Waals surface area contributed by atoms with Gasteiger partial charge in [-0.05, 0) is 57.5 Å². The largest absolute Gasteiger partial charge is 0.382 e. The fourth-order valence-electron chi connectivity index (χ4n) is 2.95. The van der Waals surface area contributed by atoms with E-state index in [1.165, 1.54) is 0 Å². The van der Waals surface area contributed by atoms with Crippen LogP contribution in [-0.2, 0) is 5.60 Å². The molecular weight excluding hydrogens is 300 g/mol. The maximum Gasteiger partial charge on any atom is 0.164 e. The number of hydrogen-bond acceptors (Lipinski definition) is 4. The Hall–Kier alpha value is -1.43. The van der Waals surface area contributed by atoms with Crippen molar-refractivity contribution >= 4 is 11.6 Å². The molecule has 1 aromatic heterocycles. The van der Waals surface area contributed by atoms with Gasteiger partial charge in [-0.1, -0.05) is 11.6 Å². The average Bonchev–Trinajstić information content (AvgIpc) is 2.85. The number of rotatable bonds is 2. The van der Waals surface area contributed by atoms with Crippen molar-refractivity contribution in [2.24, 2.45) is 0 Å². The number of aromatic nitrogens is 3. The van der Waals surface area contributed by atoms with Crippen molar-refractivity contribution in [3.8, 4) is 5.69 Å². The molecule has 1 fully saturated rings. The van der Waals surface area contributed by atoms with Crippen molar-refractivity contribution in [1.82, 2.24) is 19.7 Å². The molecule has 118 valence electrons. The van der Waals surface area contributed by atoms with Crippen molar-refractivity contribution in [3.05, 3.63) is 40.4 Å². The first-order chi connectivity index (χ1) is 10.4. The summed E-state index contributed by atoms with van der Waals surface area (Å²) in [5, 5.41) is 16.3. The lowest BCUT2D eigenvalue weighted by atomic mass is 9.90. The minimum atomic E-state index is -0.931. The van der Waals surface area contributed by atoms with Gasteiger partial charge in [0, 0.05) is 18.1 Å². The van der Waals surface area contributed by atoms with Gasteiger partial charge in [0.05, 0.1) is 5.69 Å². The quantitative estimate of drug-likeness (QED) is 0.923. The van der Waals surface area contributed by atoms with E-state index in [2.05, 4.69) is 22.0 Å². The summed E-state index contributed by atoms with van der Waals surface area (Å²) in [6.07, 6.45) is 1.32. The molecule has 6 heteroatoms. The number of piperidine rings is 1. The molecule has 22 heavy (non-hydrogen) atoms. The molecule has 5 nitrogen and oxygen atoms in total. The van der Waals surface area contributed by atoms with Gasteiger partial charge in [-0.2, -0.15) is 5.10 Å². The van der Waals surface area contributed by atoms with E-state index < -0.39 is 5.60 Å². The average molecular weight is 321 g/mol. The van der Waals surface area contributed by atoms with Crippen molar-refractivity contribution in [2.75, 3.05) is 20.1 Å². The minimum Gasteiger partial charge on any atom is -0.382 e. The lowest BCUT2D eigenvalue weighted by Gasteiger charge is -2.35. The Kier molecular flexibility index (Phi) is 3.97. The molecule has 0 atom stereocenters. The zero-order valence-corrected chi connectivity index (χ0v) is 13.9. The first kappa shape index (κ1) is 15.5. The summed E-state index contributed by atoms with van der Waals surface area (Å²) >= 11 is 6.04. The molecule has 0 saturated carbocycles. The number of hydrogen-bond donors (Lipinski definition) is 1. The maximum atomic E-state index is 11.1. The van der Waals surface area contributed by atoms with Gasteiger partial charge in [0.1, 0.15) is 11.4 Å². The minimum absolute atomic E-state index is 0.628. The van der Waals surface area contributed by atoms with Gasteiger partial charge in [-0.15, -0.1) is 0 Å². The summed E-state index contributed by atoms with van der Waals surface area (Å²) in [5.74, 6) is 1.29. The second kappa shape index (κ2) is 5.65. The number of aliphatic hydroxyl groups is 1. The highest BCUT2D eigenvalue weighted by Gasteiger charge is 2.38. The van der Waals surface area contributed by atoms with Gasteiger partial charge in [0.2, 0.25) is 0 Å². The monoisotopic (exact) mass is 320 g/mol. The first-order valence-corrected chi connectivity index (χ1v) is 7.88. The van der Waals surface area contributed by atoms with Gasteiger partial charge in [-0.25, -0.2) is 9.67 Å². The molecule has 0 aliphatic carbocycles. The summed E-state index contributed by atoms with van der Waals surface area (Å²) in [6.45, 7) is 5.54. The van der Waals surface area contributed by atoms with E-state index in [-0.39, 0.29) is 0 Å². The Balaban J connectivity index is 2.07. The highest BCUT2D eigenvalue weighted by atomic mass is 35.5. The Morgan fingerprint density at radius 2 is 1.91 bits per heavy atom. The number of nitrogens with zero attached hydrogens (tertiary/aromatic N) is 4. The Labute approximate surface area is 135 Å². The highest BCUT2D eigenvalue weighted by Crippen LogP contribution is 2.33. The molecule has 2 aromatic rings. The zero-order chi connectivity index (χ0) is 15.9. The van der Waals surface area contributed by atoms with Crippen LogP contribution in [0.5, 0.6) is 0 Å². The molecule has 1 aliphatic heterocycles. The molecule has 1 saturated heterocycles. The van der Waals surface area contributed by atoms with Crippen LogP contribution in [0.2, 0.25) is 5.02 Å². The maximum absolute atomic E-state index is 11.1. The number of benzene rings is 1. The standard InChI is InChI=1S/C16H21ClN4O/c1-11-10-13(17)4-5-14(11)21-15(18-12(2)19-21)16(22)6-8-20(3)9-7-16/h4-5,10,22H,6-9H2,1-3H3. The lowest BCUT2D eigenvalue weighted by molar-refractivity contribution is -0.0293. The predicted octanol–water partition coefficient (Wildman–Crippen LogP) is 2.45. The van der Waals surface area contributed by atoms with Crippen LogP contribution in [0.3, 0.4) is 0 Å². The Bertz CT molecular complexity index is 689. The SMILES string of the molecule is Cc1nc(C2(O)CCN(C)CC2)n(-c2ccc(Cl)cc2C)n1. The van der Waals surface area contributed by atoms with E-state index in [1.807, 2.05) is 32.0 Å². The van der Waals surface area contributed by atoms with Crippen LogP contribution in [0.25, 0.3) is 5.69 Å². The second-order valence-corrected chi connectivity index (χ2v) is 6.60. The van der Waals surface area contributed by atoms with Crippen LogP contribution in [0.15, 0.2) is 18.2 Å². The zero-order valence-electron chi connectivity index (χ0n) is 13.2. The highest BCUT2D eigenvalue weighted by molar-refractivity contribution is 6.30. The second-order valence-electron chi connectivity index (χ2n) is 6.16. The summed E-state index contributed by atoms with van der Waals surface area (Å²) in [6, 6.07) is 5.66. The Morgan fingerprint density at radius 3 is 2.55 bits per heavy atom. The van der Waals surface area contributed by atoms with Crippen LogP contribution in [0, 0.1) is 13.8 Å². The summed E-state index contributed by atoms with van der Waals surface area (Å²) in [4.78, 5) is 6.74. The molecular formula is C16H21ClN4O. The molecule has 2 heterocycles. The van der Waals surface area contributed by atoms with Crippen LogP contribution >= 0.6 is 11.6 Å². The van der Waals surface area contributed by atoms with Crippen molar-refractivity contribution < 1.29 is 5.11 Å². The fourth-order valence-corrected chi connectivity index (χ4v) is 3.18. The third kappa shape index (κ3) is 2.76. The molecule has 1 N–H and O–H groups in total. The summed E-state index contributed by atoms with van der Waals surface area (Å²) in [5.41, 5.74) is 0.988.